The van der Waals surface area contributed by atoms with E-state index in [1.165, 1.54) is 12.1 Å². The maximum absolute atomic E-state index is 12.7. The van der Waals surface area contributed by atoms with E-state index in [2.05, 4.69) is 5.16 Å². The van der Waals surface area contributed by atoms with Crippen LogP contribution in [0.2, 0.25) is 0 Å². The maximum Gasteiger partial charge on any atom is 0.144 e. The van der Waals surface area contributed by atoms with Crippen molar-refractivity contribution in [3.63, 3.8) is 0 Å². The number of rotatable bonds is 7. The molecule has 106 valence electrons. The highest BCUT2D eigenvalue weighted by molar-refractivity contribution is 5.85. The van der Waals surface area contributed by atoms with E-state index in [0.717, 1.165) is 19.3 Å². The first-order valence-corrected chi connectivity index (χ1v) is 6.32. The predicted molar refractivity (Wildman–Crippen MR) is 72.9 cm³/mol. The third kappa shape index (κ3) is 5.16. The van der Waals surface area contributed by atoms with Crippen LogP contribution in [0.4, 0.5) is 4.39 Å². The molecule has 0 heterocycles. The average molecular weight is 268 g/mol. The molecule has 0 saturated carbocycles. The van der Waals surface area contributed by atoms with Gasteiger partial charge < -0.3 is 15.7 Å². The van der Waals surface area contributed by atoms with Crippen molar-refractivity contribution in [2.45, 2.75) is 33.1 Å². The Kier molecular flexibility index (Phi) is 5.60. The lowest BCUT2D eigenvalue weighted by Gasteiger charge is -2.22. The van der Waals surface area contributed by atoms with Gasteiger partial charge in [0.25, 0.3) is 0 Å². The number of amidine groups is 1. The van der Waals surface area contributed by atoms with E-state index in [4.69, 9.17) is 15.7 Å². The van der Waals surface area contributed by atoms with Gasteiger partial charge in [0.05, 0.1) is 6.61 Å². The minimum absolute atomic E-state index is 0.243. The van der Waals surface area contributed by atoms with Gasteiger partial charge in [-0.15, -0.1) is 0 Å². The van der Waals surface area contributed by atoms with Crippen LogP contribution in [0.25, 0.3) is 0 Å². The molecule has 0 fully saturated rings. The third-order valence-corrected chi connectivity index (χ3v) is 3.08. The molecular weight excluding hydrogens is 247 g/mol. The van der Waals surface area contributed by atoms with Gasteiger partial charge in [0.15, 0.2) is 0 Å². The van der Waals surface area contributed by atoms with Crippen LogP contribution in [0.15, 0.2) is 29.4 Å². The molecule has 0 aromatic heterocycles. The molecule has 1 aromatic rings. The second-order valence-corrected chi connectivity index (χ2v) is 5.13. The van der Waals surface area contributed by atoms with Crippen LogP contribution in [0.3, 0.4) is 0 Å². The SMILES string of the molecule is CC(C)(CCCCOc1ccc(F)cc1)/C(N)=N/O. The van der Waals surface area contributed by atoms with Crippen molar-refractivity contribution in [1.82, 2.24) is 0 Å². The second-order valence-electron chi connectivity index (χ2n) is 5.13. The lowest BCUT2D eigenvalue weighted by atomic mass is 9.86. The molecule has 0 radical (unpaired) electrons. The van der Waals surface area contributed by atoms with Crippen molar-refractivity contribution in [3.05, 3.63) is 30.1 Å². The zero-order valence-electron chi connectivity index (χ0n) is 11.4. The largest absolute Gasteiger partial charge is 0.494 e. The quantitative estimate of drug-likeness (QED) is 0.262. The lowest BCUT2D eigenvalue weighted by Crippen LogP contribution is -2.31. The van der Waals surface area contributed by atoms with Gasteiger partial charge in [-0.05, 0) is 43.5 Å². The Morgan fingerprint density at radius 3 is 2.53 bits per heavy atom. The molecule has 0 amide bonds. The standard InChI is InChI=1S/C14H21FN2O2/c1-14(2,13(16)17-18)9-3-4-10-19-12-7-5-11(15)6-8-12/h5-8,18H,3-4,9-10H2,1-2H3,(H2,16,17). The highest BCUT2D eigenvalue weighted by Crippen LogP contribution is 2.23. The van der Waals surface area contributed by atoms with E-state index >= 15 is 0 Å². The number of halogens is 1. The summed E-state index contributed by atoms with van der Waals surface area (Å²) >= 11 is 0. The zero-order chi connectivity index (χ0) is 14.3. The first-order chi connectivity index (χ1) is 8.95. The molecule has 1 aromatic carbocycles. The fraction of sp³-hybridized carbons (Fsp3) is 0.500. The summed E-state index contributed by atoms with van der Waals surface area (Å²) in [6.07, 6.45) is 2.58. The number of nitrogens with two attached hydrogens (primary N) is 1. The molecule has 0 aliphatic rings. The van der Waals surface area contributed by atoms with E-state index < -0.39 is 0 Å². The van der Waals surface area contributed by atoms with Crippen LogP contribution < -0.4 is 10.5 Å². The van der Waals surface area contributed by atoms with Crippen LogP contribution in [0.5, 0.6) is 5.75 Å². The number of ether oxygens (including phenoxy) is 1. The number of oxime groups is 1. The molecule has 4 nitrogen and oxygen atoms in total. The zero-order valence-corrected chi connectivity index (χ0v) is 11.4. The Bertz CT molecular complexity index is 416. The summed E-state index contributed by atoms with van der Waals surface area (Å²) in [5.41, 5.74) is 5.29. The summed E-state index contributed by atoms with van der Waals surface area (Å²) in [7, 11) is 0. The lowest BCUT2D eigenvalue weighted by molar-refractivity contribution is 0.288. The van der Waals surface area contributed by atoms with Crippen LogP contribution in [-0.4, -0.2) is 17.6 Å². The molecule has 0 saturated heterocycles. The van der Waals surface area contributed by atoms with E-state index in [1.807, 2.05) is 13.8 Å². The van der Waals surface area contributed by atoms with Gasteiger partial charge >= 0.3 is 0 Å². The smallest absolute Gasteiger partial charge is 0.144 e. The summed E-state index contributed by atoms with van der Waals surface area (Å²) in [6, 6.07) is 5.96. The number of unbranched alkanes of at least 4 members (excludes halogenated alkanes) is 1. The summed E-state index contributed by atoms with van der Waals surface area (Å²) in [5, 5.41) is 11.7. The molecular formula is C14H21FN2O2. The first-order valence-electron chi connectivity index (χ1n) is 6.32. The Labute approximate surface area is 113 Å². The van der Waals surface area contributed by atoms with Crippen LogP contribution in [0.1, 0.15) is 33.1 Å². The highest BCUT2D eigenvalue weighted by atomic mass is 19.1. The van der Waals surface area contributed by atoms with Crippen molar-refractivity contribution in [2.75, 3.05) is 6.61 Å². The molecule has 0 aliphatic heterocycles. The minimum Gasteiger partial charge on any atom is -0.494 e. The van der Waals surface area contributed by atoms with Gasteiger partial charge in [0, 0.05) is 5.41 Å². The maximum atomic E-state index is 12.7. The highest BCUT2D eigenvalue weighted by Gasteiger charge is 2.22. The molecule has 0 aliphatic carbocycles. The monoisotopic (exact) mass is 268 g/mol. The number of hydrogen-bond acceptors (Lipinski definition) is 3. The molecule has 0 bridgehead atoms. The number of benzene rings is 1. The van der Waals surface area contributed by atoms with Crippen molar-refractivity contribution in [2.24, 2.45) is 16.3 Å². The Hall–Kier alpha value is -1.78. The third-order valence-electron chi connectivity index (χ3n) is 3.08. The molecule has 0 unspecified atom stereocenters. The van der Waals surface area contributed by atoms with E-state index in [-0.39, 0.29) is 17.1 Å². The second kappa shape index (κ2) is 6.97. The van der Waals surface area contributed by atoms with Gasteiger partial charge in [-0.3, -0.25) is 0 Å². The number of nitrogens with zero attached hydrogens (tertiary/aromatic N) is 1. The van der Waals surface area contributed by atoms with Gasteiger partial charge in [-0.25, -0.2) is 4.39 Å². The fourth-order valence-electron chi connectivity index (χ4n) is 1.65. The van der Waals surface area contributed by atoms with E-state index in [1.54, 1.807) is 12.1 Å². The van der Waals surface area contributed by atoms with Crippen LogP contribution in [-0.2, 0) is 0 Å². The van der Waals surface area contributed by atoms with Crippen molar-refractivity contribution in [1.29, 1.82) is 0 Å². The van der Waals surface area contributed by atoms with Crippen LogP contribution in [0, 0.1) is 11.2 Å². The van der Waals surface area contributed by atoms with E-state index in [9.17, 15) is 4.39 Å². The Balaban J connectivity index is 2.23. The van der Waals surface area contributed by atoms with Gasteiger partial charge in [0.2, 0.25) is 0 Å². The van der Waals surface area contributed by atoms with Gasteiger partial charge in [-0.1, -0.05) is 19.0 Å². The molecule has 0 spiro atoms. The first kappa shape index (κ1) is 15.3. The normalized spacial score (nSPS) is 12.5. The fourth-order valence-corrected chi connectivity index (χ4v) is 1.65. The molecule has 19 heavy (non-hydrogen) atoms. The molecule has 1 rings (SSSR count). The molecule has 5 heteroatoms. The van der Waals surface area contributed by atoms with Crippen molar-refractivity contribution in [3.8, 4) is 5.75 Å². The van der Waals surface area contributed by atoms with Crippen LogP contribution >= 0.6 is 0 Å². The average Bonchev–Trinajstić information content (AvgIpc) is 2.39. The summed E-state index contributed by atoms with van der Waals surface area (Å²) in [6.45, 7) is 4.43. The number of hydrogen-bond donors (Lipinski definition) is 2. The van der Waals surface area contributed by atoms with Crippen molar-refractivity contribution >= 4 is 5.84 Å². The Morgan fingerprint density at radius 1 is 1.32 bits per heavy atom. The minimum atomic E-state index is -0.315. The Morgan fingerprint density at radius 2 is 1.95 bits per heavy atom. The van der Waals surface area contributed by atoms with E-state index in [0.29, 0.717) is 12.4 Å². The molecule has 3 N–H and O–H groups in total. The summed E-state index contributed by atoms with van der Waals surface area (Å²) in [4.78, 5) is 0. The molecule has 0 atom stereocenters. The predicted octanol–water partition coefficient (Wildman–Crippen LogP) is 3.15. The van der Waals surface area contributed by atoms with Gasteiger partial charge in [-0.2, -0.15) is 0 Å². The summed E-state index contributed by atoms with van der Waals surface area (Å²) in [5.74, 6) is 0.636. The van der Waals surface area contributed by atoms with Crippen molar-refractivity contribution < 1.29 is 14.3 Å². The van der Waals surface area contributed by atoms with Gasteiger partial charge in [0.1, 0.15) is 17.4 Å². The topological polar surface area (TPSA) is 67.8 Å². The summed E-state index contributed by atoms with van der Waals surface area (Å²) < 4.78 is 18.2.